The van der Waals surface area contributed by atoms with E-state index in [1.54, 1.807) is 11.3 Å². The van der Waals surface area contributed by atoms with Gasteiger partial charge in [0.2, 0.25) is 5.52 Å². The number of rotatable bonds is 2. The Kier molecular flexibility index (Phi) is 2.79. The van der Waals surface area contributed by atoms with Crippen LogP contribution < -0.4 is 4.57 Å². The van der Waals surface area contributed by atoms with Gasteiger partial charge in [-0.15, -0.1) is 11.3 Å². The predicted molar refractivity (Wildman–Crippen MR) is 76.2 cm³/mol. The molecule has 0 saturated heterocycles. The standard InChI is InChI=1S/C14H12NS2/c1-15-12-6-2-3-7-13(12)17-14(15)9-8-11-5-4-10-16-11/h2-10H,1H3/q+1. The van der Waals surface area contributed by atoms with Crippen LogP contribution >= 0.6 is 22.7 Å². The van der Waals surface area contributed by atoms with Gasteiger partial charge in [-0.2, -0.15) is 4.57 Å². The zero-order valence-electron chi connectivity index (χ0n) is 9.46. The Morgan fingerprint density at radius 2 is 1.94 bits per heavy atom. The Morgan fingerprint density at radius 1 is 1.06 bits per heavy atom. The number of aromatic nitrogens is 1. The van der Waals surface area contributed by atoms with Gasteiger partial charge in [-0.05, 0) is 23.6 Å². The number of hydrogen-bond donors (Lipinski definition) is 0. The Hall–Kier alpha value is -1.45. The van der Waals surface area contributed by atoms with Crippen LogP contribution in [0.5, 0.6) is 0 Å². The first-order chi connectivity index (χ1) is 8.34. The molecule has 0 radical (unpaired) electrons. The molecule has 0 spiro atoms. The number of aryl methyl sites for hydroxylation is 1. The summed E-state index contributed by atoms with van der Waals surface area (Å²) in [5.74, 6) is 0. The number of para-hydroxylation sites is 1. The van der Waals surface area contributed by atoms with Gasteiger partial charge in [0.25, 0.3) is 5.01 Å². The van der Waals surface area contributed by atoms with Crippen molar-refractivity contribution in [1.82, 2.24) is 0 Å². The Bertz CT molecular complexity index is 663. The molecule has 0 atom stereocenters. The maximum Gasteiger partial charge on any atom is 0.262 e. The first-order valence-electron chi connectivity index (χ1n) is 5.44. The van der Waals surface area contributed by atoms with Gasteiger partial charge in [-0.25, -0.2) is 0 Å². The Morgan fingerprint density at radius 3 is 2.71 bits per heavy atom. The van der Waals surface area contributed by atoms with Crippen LogP contribution in [0.3, 0.4) is 0 Å². The summed E-state index contributed by atoms with van der Waals surface area (Å²) in [7, 11) is 2.12. The second-order valence-corrected chi connectivity index (χ2v) is 5.86. The fraction of sp³-hybridized carbons (Fsp3) is 0.0714. The molecule has 0 aliphatic carbocycles. The van der Waals surface area contributed by atoms with Gasteiger partial charge in [0.05, 0.1) is 0 Å². The highest BCUT2D eigenvalue weighted by molar-refractivity contribution is 7.19. The molecule has 0 fully saturated rings. The first kappa shape index (κ1) is 10.7. The Balaban J connectivity index is 2.03. The molecule has 1 aromatic carbocycles. The highest BCUT2D eigenvalue weighted by atomic mass is 32.1. The summed E-state index contributed by atoms with van der Waals surface area (Å²) in [5.41, 5.74) is 1.29. The molecule has 0 saturated carbocycles. The molecular formula is C14H12NS2+. The summed E-state index contributed by atoms with van der Waals surface area (Å²) in [6.45, 7) is 0. The van der Waals surface area contributed by atoms with Crippen molar-refractivity contribution in [2.45, 2.75) is 0 Å². The van der Waals surface area contributed by atoms with Gasteiger partial charge in [-0.3, -0.25) is 0 Å². The summed E-state index contributed by atoms with van der Waals surface area (Å²) >= 11 is 3.59. The van der Waals surface area contributed by atoms with Crippen LogP contribution in [0.4, 0.5) is 0 Å². The van der Waals surface area contributed by atoms with E-state index in [1.165, 1.54) is 20.1 Å². The van der Waals surface area contributed by atoms with Crippen LogP contribution in [0.15, 0.2) is 41.8 Å². The third-order valence-electron chi connectivity index (χ3n) is 2.71. The summed E-state index contributed by atoms with van der Waals surface area (Å²) in [6.07, 6.45) is 4.37. The highest BCUT2D eigenvalue weighted by Gasteiger charge is 2.12. The molecule has 0 bridgehead atoms. The van der Waals surface area contributed by atoms with Crippen LogP contribution in [0.2, 0.25) is 0 Å². The van der Waals surface area contributed by atoms with E-state index in [9.17, 15) is 0 Å². The molecule has 0 unspecified atom stereocenters. The number of fused-ring (bicyclic) bond motifs is 1. The van der Waals surface area contributed by atoms with Crippen molar-refractivity contribution in [3.8, 4) is 0 Å². The molecule has 3 aromatic rings. The molecular weight excluding hydrogens is 246 g/mol. The highest BCUT2D eigenvalue weighted by Crippen LogP contribution is 2.21. The summed E-state index contributed by atoms with van der Waals surface area (Å²) in [5, 5.41) is 3.38. The molecule has 0 N–H and O–H groups in total. The van der Waals surface area contributed by atoms with E-state index in [-0.39, 0.29) is 0 Å². The van der Waals surface area contributed by atoms with E-state index in [4.69, 9.17) is 0 Å². The van der Waals surface area contributed by atoms with Crippen molar-refractivity contribution in [2.75, 3.05) is 0 Å². The third kappa shape index (κ3) is 2.04. The number of thiophene rings is 1. The van der Waals surface area contributed by atoms with Crippen molar-refractivity contribution in [3.63, 3.8) is 0 Å². The van der Waals surface area contributed by atoms with E-state index in [1.807, 2.05) is 11.3 Å². The maximum atomic E-state index is 2.24. The van der Waals surface area contributed by atoms with Crippen LogP contribution in [-0.2, 0) is 7.05 Å². The minimum atomic E-state index is 1.28. The van der Waals surface area contributed by atoms with Crippen LogP contribution in [0.1, 0.15) is 9.88 Å². The molecule has 2 aromatic heterocycles. The summed E-state index contributed by atoms with van der Waals surface area (Å²) < 4.78 is 3.57. The zero-order chi connectivity index (χ0) is 11.7. The predicted octanol–water partition coefficient (Wildman–Crippen LogP) is 3.96. The normalized spacial score (nSPS) is 11.6. The number of thiazole rings is 1. The van der Waals surface area contributed by atoms with Gasteiger partial charge in [0.15, 0.2) is 0 Å². The molecule has 0 amide bonds. The number of hydrogen-bond acceptors (Lipinski definition) is 2. The smallest absolute Gasteiger partial charge is 0.185 e. The third-order valence-corrected chi connectivity index (χ3v) is 4.73. The monoisotopic (exact) mass is 258 g/mol. The molecule has 3 heteroatoms. The molecule has 17 heavy (non-hydrogen) atoms. The molecule has 2 heterocycles. The van der Waals surface area contributed by atoms with Gasteiger partial charge >= 0.3 is 0 Å². The minimum Gasteiger partial charge on any atom is -0.185 e. The van der Waals surface area contributed by atoms with Crippen LogP contribution in [-0.4, -0.2) is 0 Å². The van der Waals surface area contributed by atoms with Crippen molar-refractivity contribution in [2.24, 2.45) is 7.05 Å². The van der Waals surface area contributed by atoms with Gasteiger partial charge < -0.3 is 0 Å². The molecule has 0 aliphatic rings. The zero-order valence-corrected chi connectivity index (χ0v) is 11.1. The Labute approximate surface area is 108 Å². The lowest BCUT2D eigenvalue weighted by Gasteiger charge is -1.85. The average Bonchev–Trinajstić information content (AvgIpc) is 2.96. The van der Waals surface area contributed by atoms with E-state index in [2.05, 4.69) is 65.5 Å². The second kappa shape index (κ2) is 4.43. The van der Waals surface area contributed by atoms with Gasteiger partial charge in [0, 0.05) is 17.0 Å². The lowest BCUT2D eigenvalue weighted by molar-refractivity contribution is -0.642. The second-order valence-electron chi connectivity index (χ2n) is 3.82. The molecule has 0 aliphatic heterocycles. The lowest BCUT2D eigenvalue weighted by atomic mass is 10.3. The van der Waals surface area contributed by atoms with Crippen LogP contribution in [0.25, 0.3) is 22.4 Å². The minimum absolute atomic E-state index is 1.28. The van der Waals surface area contributed by atoms with Crippen molar-refractivity contribution >= 4 is 45.0 Å². The van der Waals surface area contributed by atoms with Crippen molar-refractivity contribution in [1.29, 1.82) is 0 Å². The SMILES string of the molecule is C[n+]1c(C=Cc2cccs2)sc2ccccc21. The quantitative estimate of drug-likeness (QED) is 0.613. The van der Waals surface area contributed by atoms with E-state index < -0.39 is 0 Å². The lowest BCUT2D eigenvalue weighted by Crippen LogP contribution is -2.28. The average molecular weight is 258 g/mol. The fourth-order valence-electron chi connectivity index (χ4n) is 1.81. The summed E-state index contributed by atoms with van der Waals surface area (Å²) in [6, 6.07) is 12.7. The topological polar surface area (TPSA) is 3.88 Å². The van der Waals surface area contributed by atoms with E-state index >= 15 is 0 Å². The van der Waals surface area contributed by atoms with Crippen LogP contribution in [0, 0.1) is 0 Å². The molecule has 84 valence electrons. The molecule has 1 nitrogen and oxygen atoms in total. The van der Waals surface area contributed by atoms with Crippen molar-refractivity contribution in [3.05, 3.63) is 51.7 Å². The van der Waals surface area contributed by atoms with E-state index in [0.717, 1.165) is 0 Å². The number of nitrogens with zero attached hydrogens (tertiary/aromatic N) is 1. The molecule has 3 rings (SSSR count). The van der Waals surface area contributed by atoms with Crippen molar-refractivity contribution < 1.29 is 4.57 Å². The summed E-state index contributed by atoms with van der Waals surface area (Å²) in [4.78, 5) is 1.29. The van der Waals surface area contributed by atoms with Gasteiger partial charge in [-0.1, -0.05) is 29.5 Å². The largest absolute Gasteiger partial charge is 0.262 e. The fourth-order valence-corrected chi connectivity index (χ4v) is 3.48. The van der Waals surface area contributed by atoms with E-state index in [0.29, 0.717) is 0 Å². The maximum absolute atomic E-state index is 2.24. The van der Waals surface area contributed by atoms with Gasteiger partial charge in [0.1, 0.15) is 11.7 Å². The number of benzene rings is 1. The first-order valence-corrected chi connectivity index (χ1v) is 7.13.